The first-order chi connectivity index (χ1) is 22.2. The van der Waals surface area contributed by atoms with Gasteiger partial charge in [-0.05, 0) is 25.0 Å². The van der Waals surface area contributed by atoms with Crippen LogP contribution >= 0.6 is 0 Å². The Morgan fingerprint density at radius 3 is 0.787 bits per heavy atom. The number of carbonyl (C=O) groups is 4. The average Bonchev–Trinajstić information content (AvgIpc) is 3.04. The standard InChI is InChI=1S/2C11H18O4.2C8H18.Sn/c2*1-2-3-4-5-6-9-15-11(14)8-7-10(12)13;2*1-3-5-7-8-6-4-2;/h2*7-8H,2-6,9H2,1H3,(H,12,13);2*3-8H2,1-2H3;/q;;;;+2/p-2/b2*8-7-;;;. The molecule has 2 radical (unpaired) electrons. The van der Waals surface area contributed by atoms with E-state index in [4.69, 9.17) is 9.47 Å². The number of esters is 2. The second-order valence-corrected chi connectivity index (χ2v) is 11.3. The maximum atomic E-state index is 10.8. The van der Waals surface area contributed by atoms with E-state index in [1.807, 2.05) is 0 Å². The predicted octanol–water partition coefficient (Wildman–Crippen LogP) is 7.97. The smallest absolute Gasteiger partial charge is 0.545 e. The number of ether oxygens (including phenoxy) is 2. The molecule has 0 aromatic carbocycles. The quantitative estimate of drug-likeness (QED) is 0.0374. The third-order valence-corrected chi connectivity index (χ3v) is 6.61. The fraction of sp³-hybridized carbons (Fsp3) is 0.789. The molecule has 0 N–H and O–H groups in total. The topological polar surface area (TPSA) is 133 Å². The van der Waals surface area contributed by atoms with Crippen molar-refractivity contribution in [2.75, 3.05) is 13.2 Å². The number of carboxylic acids is 2. The van der Waals surface area contributed by atoms with Crippen molar-refractivity contribution in [2.24, 2.45) is 0 Å². The van der Waals surface area contributed by atoms with Crippen molar-refractivity contribution in [1.29, 1.82) is 0 Å². The third kappa shape index (κ3) is 67.3. The van der Waals surface area contributed by atoms with Gasteiger partial charge in [-0.15, -0.1) is 0 Å². The van der Waals surface area contributed by atoms with Crippen molar-refractivity contribution < 1.29 is 38.9 Å². The number of unbranched alkanes of at least 4 members (excludes halogenated alkanes) is 18. The van der Waals surface area contributed by atoms with Gasteiger partial charge in [0.1, 0.15) is 0 Å². The summed E-state index contributed by atoms with van der Waals surface area (Å²) in [4.78, 5) is 41.6. The second kappa shape index (κ2) is 51.0. The third-order valence-electron chi connectivity index (χ3n) is 6.61. The molecule has 0 aromatic heterocycles. The summed E-state index contributed by atoms with van der Waals surface area (Å²) in [6.07, 6.45) is 30.8. The van der Waals surface area contributed by atoms with Crippen LogP contribution in [0.15, 0.2) is 24.3 Å². The summed E-state index contributed by atoms with van der Waals surface area (Å²) >= 11 is 0. The van der Waals surface area contributed by atoms with E-state index in [1.54, 1.807) is 0 Å². The Balaban J connectivity index is -0.000000173. The Labute approximate surface area is 305 Å². The molecule has 0 fully saturated rings. The van der Waals surface area contributed by atoms with E-state index in [2.05, 4.69) is 41.5 Å². The fourth-order valence-corrected chi connectivity index (χ4v) is 3.83. The van der Waals surface area contributed by atoms with Gasteiger partial charge in [-0.2, -0.15) is 0 Å². The van der Waals surface area contributed by atoms with Gasteiger partial charge in [0.15, 0.2) is 0 Å². The molecule has 0 atom stereocenters. The van der Waals surface area contributed by atoms with Crippen molar-refractivity contribution in [3.63, 3.8) is 0 Å². The maximum Gasteiger partial charge on any atom is 2.00 e. The second-order valence-electron chi connectivity index (χ2n) is 11.3. The first-order valence-electron chi connectivity index (χ1n) is 18.3. The Morgan fingerprint density at radius 1 is 0.383 bits per heavy atom. The van der Waals surface area contributed by atoms with Crippen molar-refractivity contribution in [1.82, 2.24) is 0 Å². The molecule has 0 aliphatic rings. The molecule has 8 nitrogen and oxygen atoms in total. The SMILES string of the molecule is CCCCCCCC.CCCCCCCC.CCCCCCCOC(=O)/C=C\C(=O)[O-].CCCCCCCOC(=O)/C=C\C(=O)[O-].[Sn+2]. The molecule has 0 saturated carbocycles. The largest absolute Gasteiger partial charge is 2.00 e. The Hall–Kier alpha value is -1.84. The summed E-state index contributed by atoms with van der Waals surface area (Å²) in [6, 6.07) is 0. The van der Waals surface area contributed by atoms with Crippen LogP contribution in [0.1, 0.15) is 183 Å². The van der Waals surface area contributed by atoms with Crippen molar-refractivity contribution in [2.45, 2.75) is 183 Å². The van der Waals surface area contributed by atoms with E-state index >= 15 is 0 Å². The fourth-order valence-electron chi connectivity index (χ4n) is 3.83. The van der Waals surface area contributed by atoms with Crippen LogP contribution in [0.25, 0.3) is 0 Å². The summed E-state index contributed by atoms with van der Waals surface area (Å²) in [5, 5.41) is 19.9. The van der Waals surface area contributed by atoms with E-state index < -0.39 is 23.9 Å². The molecule has 0 aliphatic carbocycles. The van der Waals surface area contributed by atoms with Crippen molar-refractivity contribution >= 4 is 47.8 Å². The minimum atomic E-state index is -1.39. The molecular weight excluding hydrogens is 703 g/mol. The molecule has 0 aliphatic heterocycles. The van der Waals surface area contributed by atoms with E-state index in [1.165, 1.54) is 103 Å². The van der Waals surface area contributed by atoms with Crippen LogP contribution in [0.2, 0.25) is 0 Å². The van der Waals surface area contributed by atoms with Gasteiger partial charge < -0.3 is 29.3 Å². The van der Waals surface area contributed by atoms with Gasteiger partial charge in [-0.25, -0.2) is 9.59 Å². The van der Waals surface area contributed by atoms with E-state index in [0.717, 1.165) is 50.7 Å². The zero-order valence-electron chi connectivity index (χ0n) is 31.0. The number of carbonyl (C=O) groups excluding carboxylic acids is 4. The Kier molecular flexibility index (Phi) is 59.3. The van der Waals surface area contributed by atoms with Crippen LogP contribution < -0.4 is 10.2 Å². The van der Waals surface area contributed by atoms with E-state index in [0.29, 0.717) is 25.4 Å². The van der Waals surface area contributed by atoms with Gasteiger partial charge in [0.25, 0.3) is 0 Å². The van der Waals surface area contributed by atoms with Gasteiger partial charge in [-0.3, -0.25) is 0 Å². The summed E-state index contributed by atoms with van der Waals surface area (Å²) in [5.41, 5.74) is 0. The molecule has 0 aromatic rings. The molecule has 0 saturated heterocycles. The van der Waals surface area contributed by atoms with Crippen LogP contribution in [-0.2, 0) is 28.7 Å². The molecule has 0 spiro atoms. The van der Waals surface area contributed by atoms with Crippen LogP contribution in [0, 0.1) is 0 Å². The average molecular weight is 774 g/mol. The summed E-state index contributed by atoms with van der Waals surface area (Å²) in [5.74, 6) is -4.05. The van der Waals surface area contributed by atoms with Crippen LogP contribution in [0.3, 0.4) is 0 Å². The maximum absolute atomic E-state index is 10.8. The molecule has 0 unspecified atom stereocenters. The predicted molar refractivity (Wildman–Crippen MR) is 192 cm³/mol. The molecule has 0 rings (SSSR count). The summed E-state index contributed by atoms with van der Waals surface area (Å²) in [7, 11) is 0. The van der Waals surface area contributed by atoms with Crippen LogP contribution in [-0.4, -0.2) is 61.0 Å². The zero-order chi connectivity index (χ0) is 35.5. The summed E-state index contributed by atoms with van der Waals surface area (Å²) in [6.45, 7) is 14.0. The van der Waals surface area contributed by atoms with Gasteiger partial charge in [0.05, 0.1) is 25.2 Å². The van der Waals surface area contributed by atoms with Gasteiger partial charge in [0.2, 0.25) is 0 Å². The minimum absolute atomic E-state index is 0. The normalized spacial score (nSPS) is 10.0. The zero-order valence-corrected chi connectivity index (χ0v) is 33.9. The molecule has 0 heterocycles. The Bertz CT molecular complexity index is 650. The van der Waals surface area contributed by atoms with Crippen LogP contribution in [0.5, 0.6) is 0 Å². The van der Waals surface area contributed by atoms with E-state index in [9.17, 15) is 29.4 Å². The van der Waals surface area contributed by atoms with Gasteiger partial charge in [-0.1, -0.05) is 170 Å². The first kappa shape index (κ1) is 54.6. The molecule has 47 heavy (non-hydrogen) atoms. The number of rotatable bonds is 26. The number of carboxylic acid groups (broad SMARTS) is 2. The van der Waals surface area contributed by atoms with Crippen molar-refractivity contribution in [3.05, 3.63) is 24.3 Å². The van der Waals surface area contributed by atoms with E-state index in [-0.39, 0.29) is 23.9 Å². The number of aliphatic carboxylic acids is 2. The first-order valence-corrected chi connectivity index (χ1v) is 18.3. The van der Waals surface area contributed by atoms with Crippen LogP contribution in [0.4, 0.5) is 0 Å². The van der Waals surface area contributed by atoms with Crippen molar-refractivity contribution in [3.8, 4) is 0 Å². The molecule has 274 valence electrons. The molecule has 9 heteroatoms. The molecule has 0 amide bonds. The monoisotopic (exact) mass is 774 g/mol. The van der Waals surface area contributed by atoms with Gasteiger partial charge in [0, 0.05) is 12.2 Å². The summed E-state index contributed by atoms with van der Waals surface area (Å²) < 4.78 is 9.51. The Morgan fingerprint density at radius 2 is 0.596 bits per heavy atom. The molecular formula is C38H70O8Sn. The number of hydrogen-bond acceptors (Lipinski definition) is 8. The minimum Gasteiger partial charge on any atom is -0.545 e. The number of hydrogen-bond donors (Lipinski definition) is 0. The molecule has 0 bridgehead atoms. The van der Waals surface area contributed by atoms with Gasteiger partial charge >= 0.3 is 35.8 Å².